The maximum absolute atomic E-state index is 5.56. The minimum Gasteiger partial charge on any atom is -0.308 e. The lowest BCUT2D eigenvalue weighted by atomic mass is 9.87. The summed E-state index contributed by atoms with van der Waals surface area (Å²) < 4.78 is 4.80. The fourth-order valence-electron chi connectivity index (χ4n) is 9.83. The summed E-state index contributed by atoms with van der Waals surface area (Å²) in [5.41, 5.74) is 14.5. The Morgan fingerprint density at radius 3 is 1.46 bits per heavy atom. The predicted molar refractivity (Wildman–Crippen MR) is 283 cm³/mol. The summed E-state index contributed by atoms with van der Waals surface area (Å²) in [5, 5.41) is 4.85. The van der Waals surface area contributed by atoms with E-state index in [9.17, 15) is 0 Å². The van der Waals surface area contributed by atoms with Crippen molar-refractivity contribution in [3.05, 3.63) is 237 Å². The molecule has 0 N–H and O–H groups in total. The second-order valence-electron chi connectivity index (χ2n) is 16.9. The van der Waals surface area contributed by atoms with E-state index >= 15 is 0 Å². The molecule has 5 nitrogen and oxygen atoms in total. The predicted octanol–water partition coefficient (Wildman–Crippen LogP) is 16.4. The second kappa shape index (κ2) is 16.5. The summed E-state index contributed by atoms with van der Waals surface area (Å²) in [6.45, 7) is 0. The SMILES string of the molecule is c1ccc(-c2nc(-c3ccccc3)nc(-c3cc(-c4c(-c5ccccc5)cccc4-c4ccccc4)cnc3-c3cccc4c3sc3c4ccc4c5ccccc5n(-c5ccccc5)c43)n2)cc1. The van der Waals surface area contributed by atoms with Crippen LogP contribution >= 0.6 is 11.3 Å². The monoisotopic (exact) mass is 885 g/mol. The summed E-state index contributed by atoms with van der Waals surface area (Å²) >= 11 is 1.83. The summed E-state index contributed by atoms with van der Waals surface area (Å²) in [5.74, 6) is 1.73. The van der Waals surface area contributed by atoms with Crippen LogP contribution < -0.4 is 0 Å². The average molecular weight is 886 g/mol. The molecule has 0 aliphatic rings. The normalized spacial score (nSPS) is 11.5. The molecule has 13 aromatic rings. The Bertz CT molecular complexity index is 3880. The zero-order valence-electron chi connectivity index (χ0n) is 36.7. The molecule has 0 aliphatic heterocycles. The molecule has 0 fully saturated rings. The maximum atomic E-state index is 5.56. The second-order valence-corrected chi connectivity index (χ2v) is 18.0. The molecule has 0 unspecified atom stereocenters. The van der Waals surface area contributed by atoms with Crippen LogP contribution in [0.4, 0.5) is 0 Å². The maximum Gasteiger partial charge on any atom is 0.166 e. The number of para-hydroxylation sites is 2. The first-order valence-electron chi connectivity index (χ1n) is 22.8. The van der Waals surface area contributed by atoms with Crippen molar-refractivity contribution >= 4 is 53.3 Å². The van der Waals surface area contributed by atoms with Gasteiger partial charge in [-0.3, -0.25) is 4.98 Å². The number of pyridine rings is 1. The molecule has 0 saturated carbocycles. The third-order valence-electron chi connectivity index (χ3n) is 12.9. The van der Waals surface area contributed by atoms with Gasteiger partial charge < -0.3 is 4.57 Å². The molecule has 0 saturated heterocycles. The Morgan fingerprint density at radius 2 is 0.824 bits per heavy atom. The first-order chi connectivity index (χ1) is 33.7. The number of fused-ring (bicyclic) bond motifs is 7. The molecule has 0 aliphatic carbocycles. The van der Waals surface area contributed by atoms with Gasteiger partial charge in [0.15, 0.2) is 17.5 Å². The third-order valence-corrected chi connectivity index (χ3v) is 14.2. The number of hydrogen-bond donors (Lipinski definition) is 0. The van der Waals surface area contributed by atoms with Gasteiger partial charge in [-0.05, 0) is 52.1 Å². The van der Waals surface area contributed by atoms with Gasteiger partial charge in [-0.2, -0.15) is 0 Å². The number of aromatic nitrogens is 5. The van der Waals surface area contributed by atoms with Gasteiger partial charge in [0.25, 0.3) is 0 Å². The van der Waals surface area contributed by atoms with E-state index in [1.807, 2.05) is 53.9 Å². The van der Waals surface area contributed by atoms with Crippen LogP contribution in [-0.2, 0) is 0 Å². The Hall–Kier alpha value is -8.84. The minimum absolute atomic E-state index is 0.546. The van der Waals surface area contributed by atoms with Crippen LogP contribution in [0.15, 0.2) is 237 Å². The van der Waals surface area contributed by atoms with Gasteiger partial charge >= 0.3 is 0 Å². The number of thiophene rings is 1. The van der Waals surface area contributed by atoms with E-state index < -0.39 is 0 Å². The Kier molecular flexibility index (Phi) is 9.62. The molecule has 9 aromatic carbocycles. The highest BCUT2D eigenvalue weighted by Gasteiger charge is 2.24. The van der Waals surface area contributed by atoms with E-state index in [0.29, 0.717) is 17.5 Å². The van der Waals surface area contributed by atoms with Crippen LogP contribution in [0.5, 0.6) is 0 Å². The number of nitrogens with zero attached hydrogens (tertiary/aromatic N) is 5. The summed E-state index contributed by atoms with van der Waals surface area (Å²) in [6, 6.07) is 81.1. The molecule has 4 aromatic heterocycles. The van der Waals surface area contributed by atoms with Crippen LogP contribution in [0.1, 0.15) is 0 Å². The van der Waals surface area contributed by atoms with Crippen molar-refractivity contribution in [2.75, 3.05) is 0 Å². The molecular formula is C62H39N5S. The molecule has 0 amide bonds. The smallest absolute Gasteiger partial charge is 0.166 e. The highest BCUT2D eigenvalue weighted by Crippen LogP contribution is 2.48. The van der Waals surface area contributed by atoms with E-state index in [1.54, 1.807) is 0 Å². The molecule has 13 rings (SSSR count). The number of rotatable bonds is 8. The lowest BCUT2D eigenvalue weighted by molar-refractivity contribution is 1.07. The van der Waals surface area contributed by atoms with E-state index in [-0.39, 0.29) is 0 Å². The standard InChI is InChI=1S/C62H39N5S/c1-6-20-40(21-7-1)46-31-18-32-47(41-22-8-2-9-23-41)55(46)44-38-53(62-65-60(42-24-10-3-11-25-42)64-61(66-62)43-26-12-4-13-27-43)56(63-39-44)52-34-19-33-50-51-37-36-49-48-30-16-17-35-54(48)67(45-28-14-5-15-29-45)57(49)59(51)68-58(50)52/h1-39H. The van der Waals surface area contributed by atoms with E-state index in [2.05, 4.69) is 199 Å². The van der Waals surface area contributed by atoms with Gasteiger partial charge in [-0.1, -0.05) is 206 Å². The van der Waals surface area contributed by atoms with E-state index in [1.165, 1.54) is 37.3 Å². The van der Waals surface area contributed by atoms with Gasteiger partial charge in [-0.25, -0.2) is 15.0 Å². The summed E-state index contributed by atoms with van der Waals surface area (Å²) in [7, 11) is 0. The zero-order valence-corrected chi connectivity index (χ0v) is 37.5. The highest BCUT2D eigenvalue weighted by molar-refractivity contribution is 7.27. The summed E-state index contributed by atoms with van der Waals surface area (Å²) in [4.78, 5) is 21.4. The average Bonchev–Trinajstić information content (AvgIpc) is 3.98. The lowest BCUT2D eigenvalue weighted by Crippen LogP contribution is -2.02. The van der Waals surface area contributed by atoms with E-state index in [0.717, 1.165) is 71.7 Å². The van der Waals surface area contributed by atoms with Gasteiger partial charge in [0.2, 0.25) is 0 Å². The van der Waals surface area contributed by atoms with Crippen molar-refractivity contribution in [2.24, 2.45) is 0 Å². The number of benzene rings is 9. The van der Waals surface area contributed by atoms with Gasteiger partial charge in [0.1, 0.15) is 0 Å². The molecule has 4 heterocycles. The van der Waals surface area contributed by atoms with Crippen LogP contribution in [0.3, 0.4) is 0 Å². The largest absolute Gasteiger partial charge is 0.308 e. The minimum atomic E-state index is 0.546. The quantitative estimate of drug-likeness (QED) is 0.153. The zero-order chi connectivity index (χ0) is 45.0. The van der Waals surface area contributed by atoms with Crippen molar-refractivity contribution in [3.8, 4) is 84.5 Å². The lowest BCUT2D eigenvalue weighted by Gasteiger charge is -2.18. The first-order valence-corrected chi connectivity index (χ1v) is 23.6. The van der Waals surface area contributed by atoms with Crippen molar-refractivity contribution in [2.45, 2.75) is 0 Å². The van der Waals surface area contributed by atoms with Gasteiger partial charge in [0.05, 0.1) is 21.4 Å². The van der Waals surface area contributed by atoms with Crippen LogP contribution in [-0.4, -0.2) is 24.5 Å². The fourth-order valence-corrected chi connectivity index (χ4v) is 11.2. The summed E-state index contributed by atoms with van der Waals surface area (Å²) in [6.07, 6.45) is 2.04. The van der Waals surface area contributed by atoms with Crippen LogP contribution in [0, 0.1) is 0 Å². The molecular weight excluding hydrogens is 847 g/mol. The van der Waals surface area contributed by atoms with Crippen molar-refractivity contribution in [3.63, 3.8) is 0 Å². The fraction of sp³-hybridized carbons (Fsp3) is 0. The number of hydrogen-bond acceptors (Lipinski definition) is 5. The Labute approximate surface area is 397 Å². The van der Waals surface area contributed by atoms with Crippen LogP contribution in [0.2, 0.25) is 0 Å². The third kappa shape index (κ3) is 6.69. The van der Waals surface area contributed by atoms with Gasteiger partial charge in [0, 0.05) is 65.9 Å². The van der Waals surface area contributed by atoms with Crippen molar-refractivity contribution in [1.29, 1.82) is 0 Å². The topological polar surface area (TPSA) is 56.5 Å². The first kappa shape index (κ1) is 39.5. The van der Waals surface area contributed by atoms with Crippen molar-refractivity contribution in [1.82, 2.24) is 24.5 Å². The Balaban J connectivity index is 1.12. The molecule has 318 valence electrons. The molecule has 68 heavy (non-hydrogen) atoms. The molecule has 0 radical (unpaired) electrons. The van der Waals surface area contributed by atoms with Crippen LogP contribution in [0.25, 0.3) is 126 Å². The molecule has 6 heteroatoms. The molecule has 0 bridgehead atoms. The Morgan fingerprint density at radius 1 is 0.338 bits per heavy atom. The van der Waals surface area contributed by atoms with Crippen molar-refractivity contribution < 1.29 is 0 Å². The van der Waals surface area contributed by atoms with Gasteiger partial charge in [-0.15, -0.1) is 11.3 Å². The molecule has 0 atom stereocenters. The van der Waals surface area contributed by atoms with E-state index in [4.69, 9.17) is 19.9 Å². The highest BCUT2D eigenvalue weighted by atomic mass is 32.1. The molecule has 0 spiro atoms.